The Labute approximate surface area is 123 Å². The van der Waals surface area contributed by atoms with Crippen molar-refractivity contribution >= 4 is 22.4 Å². The van der Waals surface area contributed by atoms with Gasteiger partial charge in [0.2, 0.25) is 0 Å². The van der Waals surface area contributed by atoms with Crippen molar-refractivity contribution in [2.45, 2.75) is 43.4 Å². The molecule has 4 heteroatoms. The first-order valence-electron chi connectivity index (χ1n) is 6.87. The van der Waals surface area contributed by atoms with Crippen LogP contribution in [0.2, 0.25) is 5.02 Å². The van der Waals surface area contributed by atoms with Gasteiger partial charge in [-0.2, -0.15) is 0 Å². The highest BCUT2D eigenvalue weighted by Gasteiger charge is 2.29. The third-order valence-electron chi connectivity index (χ3n) is 4.03. The summed E-state index contributed by atoms with van der Waals surface area (Å²) in [4.78, 5) is 0. The van der Waals surface area contributed by atoms with Gasteiger partial charge in [-0.3, -0.25) is 4.21 Å². The molecule has 0 aromatic heterocycles. The molecule has 1 aliphatic rings. The number of benzene rings is 1. The van der Waals surface area contributed by atoms with Gasteiger partial charge in [0.05, 0.1) is 0 Å². The summed E-state index contributed by atoms with van der Waals surface area (Å²) in [5.74, 6) is 0.674. The highest BCUT2D eigenvalue weighted by molar-refractivity contribution is 7.84. The highest BCUT2D eigenvalue weighted by atomic mass is 35.5. The first-order chi connectivity index (χ1) is 9.06. The van der Waals surface area contributed by atoms with Gasteiger partial charge >= 0.3 is 0 Å². The number of hydrogen-bond acceptors (Lipinski definition) is 2. The molecule has 0 spiro atoms. The van der Waals surface area contributed by atoms with Crippen LogP contribution in [-0.4, -0.2) is 28.3 Å². The monoisotopic (exact) mass is 299 g/mol. The van der Waals surface area contributed by atoms with E-state index in [1.54, 1.807) is 6.26 Å². The minimum absolute atomic E-state index is 0.291. The van der Waals surface area contributed by atoms with Crippen molar-refractivity contribution in [3.05, 3.63) is 34.9 Å². The van der Waals surface area contributed by atoms with Crippen LogP contribution < -0.4 is 5.32 Å². The summed E-state index contributed by atoms with van der Waals surface area (Å²) in [7, 11) is -0.700. The third-order valence-corrected chi connectivity index (χ3v) is 5.65. The maximum absolute atomic E-state index is 11.2. The summed E-state index contributed by atoms with van der Waals surface area (Å²) < 4.78 is 11.2. The standard InChI is InChI=1S/C15H22ClNOS/c1-11(19(2)18)7-8-17-15-9-13(10-15)12-3-5-14(16)6-4-12/h3-6,11,13,15,17H,7-10H2,1-2H3. The van der Waals surface area contributed by atoms with Crippen molar-refractivity contribution < 1.29 is 4.21 Å². The molecule has 1 aromatic rings. The summed E-state index contributed by atoms with van der Waals surface area (Å²) >= 11 is 5.89. The van der Waals surface area contributed by atoms with Crippen LogP contribution in [0.15, 0.2) is 24.3 Å². The molecule has 1 aliphatic carbocycles. The van der Waals surface area contributed by atoms with Gasteiger partial charge in [-0.05, 0) is 49.4 Å². The van der Waals surface area contributed by atoms with E-state index < -0.39 is 10.8 Å². The van der Waals surface area contributed by atoms with E-state index in [1.165, 1.54) is 18.4 Å². The van der Waals surface area contributed by atoms with Crippen LogP contribution in [0.1, 0.15) is 37.7 Å². The fourth-order valence-corrected chi connectivity index (χ4v) is 3.02. The molecule has 2 unspecified atom stereocenters. The first-order valence-corrected chi connectivity index (χ1v) is 8.87. The molecular weight excluding hydrogens is 278 g/mol. The largest absolute Gasteiger partial charge is 0.314 e. The molecule has 0 heterocycles. The number of hydrogen-bond donors (Lipinski definition) is 1. The Kier molecular flexibility index (Phi) is 5.43. The summed E-state index contributed by atoms with van der Waals surface area (Å²) in [6.45, 7) is 3.02. The zero-order valence-electron chi connectivity index (χ0n) is 11.6. The molecule has 0 aliphatic heterocycles. The molecule has 2 atom stereocenters. The third kappa shape index (κ3) is 4.30. The van der Waals surface area contributed by atoms with Gasteiger partial charge < -0.3 is 5.32 Å². The van der Waals surface area contributed by atoms with Crippen molar-refractivity contribution in [1.29, 1.82) is 0 Å². The summed E-state index contributed by atoms with van der Waals surface area (Å²) in [6.07, 6.45) is 5.17. The minimum atomic E-state index is -0.700. The van der Waals surface area contributed by atoms with Crippen LogP contribution in [0.5, 0.6) is 0 Å². The van der Waals surface area contributed by atoms with Crippen LogP contribution in [0, 0.1) is 0 Å². The Hall–Kier alpha value is -0.380. The number of halogens is 1. The topological polar surface area (TPSA) is 29.1 Å². The van der Waals surface area contributed by atoms with E-state index in [9.17, 15) is 4.21 Å². The lowest BCUT2D eigenvalue weighted by Gasteiger charge is -2.36. The maximum Gasteiger partial charge on any atom is 0.0406 e. The van der Waals surface area contributed by atoms with Gasteiger partial charge in [-0.25, -0.2) is 0 Å². The smallest absolute Gasteiger partial charge is 0.0406 e. The van der Waals surface area contributed by atoms with E-state index in [1.807, 2.05) is 12.1 Å². The van der Waals surface area contributed by atoms with Crippen molar-refractivity contribution in [2.75, 3.05) is 12.8 Å². The quantitative estimate of drug-likeness (QED) is 0.873. The van der Waals surface area contributed by atoms with Crippen LogP contribution >= 0.6 is 11.6 Å². The predicted octanol–water partition coefficient (Wildman–Crippen LogP) is 3.33. The van der Waals surface area contributed by atoms with E-state index in [2.05, 4.69) is 24.4 Å². The Bertz CT molecular complexity index is 428. The van der Waals surface area contributed by atoms with Crippen molar-refractivity contribution in [3.63, 3.8) is 0 Å². The van der Waals surface area contributed by atoms with Gasteiger partial charge in [-0.15, -0.1) is 0 Å². The summed E-state index contributed by atoms with van der Waals surface area (Å²) in [6, 6.07) is 8.82. The Morgan fingerprint density at radius 2 is 2.00 bits per heavy atom. The number of nitrogens with one attached hydrogen (secondary N) is 1. The second-order valence-corrected chi connectivity index (χ2v) is 7.71. The van der Waals surface area contributed by atoms with Gasteiger partial charge in [0.15, 0.2) is 0 Å². The molecule has 0 bridgehead atoms. The summed E-state index contributed by atoms with van der Waals surface area (Å²) in [5.41, 5.74) is 1.39. The van der Waals surface area contributed by atoms with Crippen molar-refractivity contribution in [1.82, 2.24) is 5.32 Å². The fraction of sp³-hybridized carbons (Fsp3) is 0.600. The normalized spacial score (nSPS) is 25.6. The van der Waals surface area contributed by atoms with Crippen LogP contribution in [0.4, 0.5) is 0 Å². The van der Waals surface area contributed by atoms with Crippen molar-refractivity contribution in [3.8, 4) is 0 Å². The Morgan fingerprint density at radius 1 is 1.37 bits per heavy atom. The average molecular weight is 300 g/mol. The molecule has 106 valence electrons. The second kappa shape index (κ2) is 6.87. The Morgan fingerprint density at radius 3 is 2.58 bits per heavy atom. The second-order valence-electron chi connectivity index (χ2n) is 5.47. The lowest BCUT2D eigenvalue weighted by atomic mass is 9.76. The lowest BCUT2D eigenvalue weighted by Crippen LogP contribution is -2.41. The van der Waals surface area contributed by atoms with Gasteiger partial charge in [0.25, 0.3) is 0 Å². The molecule has 0 saturated heterocycles. The molecule has 0 amide bonds. The van der Waals surface area contributed by atoms with Gasteiger partial charge in [0, 0.05) is 33.4 Å². The maximum atomic E-state index is 11.2. The molecule has 1 N–H and O–H groups in total. The molecular formula is C15H22ClNOS. The minimum Gasteiger partial charge on any atom is -0.314 e. The fourth-order valence-electron chi connectivity index (χ4n) is 2.45. The average Bonchev–Trinajstić information content (AvgIpc) is 2.33. The molecule has 2 nitrogen and oxygen atoms in total. The highest BCUT2D eigenvalue weighted by Crippen LogP contribution is 2.37. The number of rotatable bonds is 6. The van der Waals surface area contributed by atoms with Crippen LogP contribution in [-0.2, 0) is 10.8 Å². The first kappa shape index (κ1) is 15.0. The summed E-state index contributed by atoms with van der Waals surface area (Å²) in [5, 5.41) is 4.65. The van der Waals surface area contributed by atoms with Crippen LogP contribution in [0.25, 0.3) is 0 Å². The zero-order valence-corrected chi connectivity index (χ0v) is 13.1. The molecule has 0 radical (unpaired) electrons. The lowest BCUT2D eigenvalue weighted by molar-refractivity contribution is 0.290. The molecule has 1 saturated carbocycles. The zero-order chi connectivity index (χ0) is 13.8. The SMILES string of the molecule is CC(CCNC1CC(c2ccc(Cl)cc2)C1)S(C)=O. The molecule has 19 heavy (non-hydrogen) atoms. The van der Waals surface area contributed by atoms with E-state index in [0.29, 0.717) is 17.2 Å². The van der Waals surface area contributed by atoms with Crippen molar-refractivity contribution in [2.24, 2.45) is 0 Å². The molecule has 1 fully saturated rings. The van der Waals surface area contributed by atoms with Crippen LogP contribution in [0.3, 0.4) is 0 Å². The van der Waals surface area contributed by atoms with E-state index in [0.717, 1.165) is 18.0 Å². The predicted molar refractivity (Wildman–Crippen MR) is 83.4 cm³/mol. The Balaban J connectivity index is 1.66. The van der Waals surface area contributed by atoms with Gasteiger partial charge in [-0.1, -0.05) is 30.7 Å². The van der Waals surface area contributed by atoms with E-state index in [-0.39, 0.29) is 0 Å². The van der Waals surface area contributed by atoms with E-state index in [4.69, 9.17) is 11.6 Å². The molecule has 1 aromatic carbocycles. The van der Waals surface area contributed by atoms with Gasteiger partial charge in [0.1, 0.15) is 0 Å². The van der Waals surface area contributed by atoms with E-state index >= 15 is 0 Å². The molecule has 2 rings (SSSR count).